The molecule has 2 saturated carbocycles. The van der Waals surface area contributed by atoms with Crippen molar-refractivity contribution in [2.24, 2.45) is 16.7 Å². The van der Waals surface area contributed by atoms with Crippen LogP contribution in [0.5, 0.6) is 0 Å². The van der Waals surface area contributed by atoms with Gasteiger partial charge in [-0.05, 0) is 36.0 Å². The fourth-order valence-corrected chi connectivity index (χ4v) is 3.75. The van der Waals surface area contributed by atoms with Gasteiger partial charge in [0.05, 0.1) is 0 Å². The summed E-state index contributed by atoms with van der Waals surface area (Å²) >= 11 is 0. The Kier molecular flexibility index (Phi) is 3.26. The molecule has 3 atom stereocenters. The van der Waals surface area contributed by atoms with Crippen LogP contribution in [0.4, 0.5) is 18.0 Å². The van der Waals surface area contributed by atoms with E-state index in [9.17, 15) is 18.0 Å². The van der Waals surface area contributed by atoms with Crippen LogP contribution < -0.4 is 5.32 Å². The molecule has 0 saturated heterocycles. The third-order valence-corrected chi connectivity index (χ3v) is 5.45. The van der Waals surface area contributed by atoms with Crippen molar-refractivity contribution in [3.05, 3.63) is 0 Å². The second-order valence-electron chi connectivity index (χ2n) is 6.50. The number of nitrogens with one attached hydrogen (secondary N) is 1. The van der Waals surface area contributed by atoms with Gasteiger partial charge in [-0.25, -0.2) is 4.79 Å². The second kappa shape index (κ2) is 4.28. The van der Waals surface area contributed by atoms with Gasteiger partial charge in [0.2, 0.25) is 0 Å². The lowest BCUT2D eigenvalue weighted by Gasteiger charge is -2.39. The number of hydrogen-bond acceptors (Lipinski definition) is 2. The average Bonchev–Trinajstić information content (AvgIpc) is 2.58. The topological polar surface area (TPSA) is 38.3 Å². The lowest BCUT2D eigenvalue weighted by atomic mass is 9.69. The Morgan fingerprint density at radius 2 is 2.00 bits per heavy atom. The number of halogens is 3. The maximum Gasteiger partial charge on any atom is 0.422 e. The van der Waals surface area contributed by atoms with E-state index in [0.717, 1.165) is 19.3 Å². The van der Waals surface area contributed by atoms with Crippen LogP contribution in [0.15, 0.2) is 0 Å². The predicted molar refractivity (Wildman–Crippen MR) is 63.6 cm³/mol. The van der Waals surface area contributed by atoms with E-state index in [1.807, 2.05) is 0 Å². The third kappa shape index (κ3) is 2.41. The molecule has 2 aliphatic carbocycles. The van der Waals surface area contributed by atoms with Gasteiger partial charge in [0, 0.05) is 6.04 Å². The van der Waals surface area contributed by atoms with E-state index in [4.69, 9.17) is 0 Å². The number of rotatable bonds is 2. The number of ether oxygens (including phenoxy) is 1. The molecule has 1 amide bonds. The first-order valence-corrected chi connectivity index (χ1v) is 6.56. The molecule has 3 unspecified atom stereocenters. The molecule has 1 N–H and O–H groups in total. The molecule has 0 aromatic rings. The minimum atomic E-state index is -4.48. The molecule has 2 aliphatic rings. The summed E-state index contributed by atoms with van der Waals surface area (Å²) in [5.74, 6) is 0.519. The minimum Gasteiger partial charge on any atom is -0.440 e. The highest BCUT2D eigenvalue weighted by atomic mass is 19.4. The molecule has 19 heavy (non-hydrogen) atoms. The summed E-state index contributed by atoms with van der Waals surface area (Å²) in [6.07, 6.45) is -2.50. The molecule has 2 bridgehead atoms. The van der Waals surface area contributed by atoms with Gasteiger partial charge in [-0.15, -0.1) is 0 Å². The van der Waals surface area contributed by atoms with E-state index in [1.165, 1.54) is 0 Å². The lowest BCUT2D eigenvalue weighted by molar-refractivity contribution is -0.160. The smallest absolute Gasteiger partial charge is 0.422 e. The van der Waals surface area contributed by atoms with Gasteiger partial charge >= 0.3 is 12.3 Å². The lowest BCUT2D eigenvalue weighted by Crippen LogP contribution is -2.47. The molecular formula is C13H20F3NO2. The predicted octanol–water partition coefficient (Wildman–Crippen LogP) is 3.49. The number of hydrogen-bond donors (Lipinski definition) is 1. The summed E-state index contributed by atoms with van der Waals surface area (Å²) in [5.41, 5.74) is 0.0455. The molecule has 3 nitrogen and oxygen atoms in total. The minimum absolute atomic E-state index is 0.0606. The Hall–Kier alpha value is -0.940. The summed E-state index contributed by atoms with van der Waals surface area (Å²) < 4.78 is 40.1. The number of alkyl carbamates (subject to hydrolysis) is 1. The molecule has 0 aliphatic heterocycles. The van der Waals surface area contributed by atoms with Crippen molar-refractivity contribution in [1.82, 2.24) is 5.32 Å². The first-order valence-electron chi connectivity index (χ1n) is 6.56. The maximum atomic E-state index is 12.0. The molecule has 6 heteroatoms. The van der Waals surface area contributed by atoms with Crippen LogP contribution >= 0.6 is 0 Å². The molecule has 0 radical (unpaired) electrons. The summed E-state index contributed by atoms with van der Waals surface area (Å²) in [6.45, 7) is 4.92. The molecule has 0 aromatic carbocycles. The van der Waals surface area contributed by atoms with Gasteiger partial charge in [0.25, 0.3) is 0 Å². The Balaban J connectivity index is 1.93. The van der Waals surface area contributed by atoms with Crippen LogP contribution in [0, 0.1) is 16.7 Å². The van der Waals surface area contributed by atoms with E-state index in [-0.39, 0.29) is 16.9 Å². The first-order chi connectivity index (χ1) is 8.56. The normalized spacial score (nSPS) is 36.3. The van der Waals surface area contributed by atoms with Gasteiger partial charge in [-0.3, -0.25) is 0 Å². The van der Waals surface area contributed by atoms with Crippen LogP contribution in [0.1, 0.15) is 40.0 Å². The molecule has 2 fully saturated rings. The summed E-state index contributed by atoms with van der Waals surface area (Å²) in [4.78, 5) is 11.4. The number of carbonyl (C=O) groups excluding carboxylic acids is 1. The van der Waals surface area contributed by atoms with E-state index in [1.54, 1.807) is 0 Å². The highest BCUT2D eigenvalue weighted by molar-refractivity contribution is 5.68. The van der Waals surface area contributed by atoms with E-state index < -0.39 is 18.9 Å². The third-order valence-electron chi connectivity index (χ3n) is 5.45. The maximum absolute atomic E-state index is 12.0. The molecular weight excluding hydrogens is 259 g/mol. The van der Waals surface area contributed by atoms with E-state index in [2.05, 4.69) is 30.8 Å². The standard InChI is InChI=1S/C13H20F3NO2/c1-11(2)8-4-5-12(11,3)9(6-8)17-10(18)19-7-13(14,15)16/h8-9H,4-7H2,1-3H3,(H,17,18). The second-order valence-corrected chi connectivity index (χ2v) is 6.50. The summed E-state index contributed by atoms with van der Waals surface area (Å²) in [7, 11) is 0. The van der Waals surface area contributed by atoms with Crippen LogP contribution in [0.3, 0.4) is 0 Å². The average molecular weight is 279 g/mol. The highest BCUT2D eigenvalue weighted by Crippen LogP contribution is 2.65. The van der Waals surface area contributed by atoms with Crippen LogP contribution in [-0.4, -0.2) is 24.9 Å². The van der Waals surface area contributed by atoms with Crippen LogP contribution in [0.25, 0.3) is 0 Å². The zero-order valence-corrected chi connectivity index (χ0v) is 11.4. The van der Waals surface area contributed by atoms with Gasteiger partial charge in [0.1, 0.15) is 0 Å². The van der Waals surface area contributed by atoms with Crippen molar-refractivity contribution in [1.29, 1.82) is 0 Å². The number of fused-ring (bicyclic) bond motifs is 2. The monoisotopic (exact) mass is 279 g/mol. The summed E-state index contributed by atoms with van der Waals surface area (Å²) in [5, 5.41) is 2.62. The quantitative estimate of drug-likeness (QED) is 0.840. The van der Waals surface area contributed by atoms with Crippen molar-refractivity contribution in [3.63, 3.8) is 0 Å². The SMILES string of the molecule is CC1(C)C2CCC1(C)C(NC(=O)OCC(F)(F)F)C2. The number of alkyl halides is 3. The summed E-state index contributed by atoms with van der Waals surface area (Å²) in [6, 6.07) is -0.0954. The van der Waals surface area contributed by atoms with Crippen molar-refractivity contribution >= 4 is 6.09 Å². The Bertz CT molecular complexity index is 381. The molecule has 0 heterocycles. The fraction of sp³-hybridized carbons (Fsp3) is 0.923. The van der Waals surface area contributed by atoms with Crippen molar-refractivity contribution in [3.8, 4) is 0 Å². The molecule has 2 rings (SSSR count). The van der Waals surface area contributed by atoms with Gasteiger partial charge in [-0.2, -0.15) is 13.2 Å². The van der Waals surface area contributed by atoms with Gasteiger partial charge in [-0.1, -0.05) is 20.8 Å². The highest BCUT2D eigenvalue weighted by Gasteiger charge is 2.61. The number of carbonyl (C=O) groups is 1. The van der Waals surface area contributed by atoms with Crippen molar-refractivity contribution < 1.29 is 22.7 Å². The van der Waals surface area contributed by atoms with Crippen LogP contribution in [-0.2, 0) is 4.74 Å². The largest absolute Gasteiger partial charge is 0.440 e. The zero-order valence-electron chi connectivity index (χ0n) is 11.4. The fourth-order valence-electron chi connectivity index (χ4n) is 3.75. The molecule has 110 valence electrons. The van der Waals surface area contributed by atoms with Gasteiger partial charge in [0.15, 0.2) is 6.61 Å². The van der Waals surface area contributed by atoms with Crippen molar-refractivity contribution in [2.75, 3.05) is 6.61 Å². The molecule has 0 aromatic heterocycles. The van der Waals surface area contributed by atoms with Gasteiger partial charge < -0.3 is 10.1 Å². The van der Waals surface area contributed by atoms with E-state index in [0.29, 0.717) is 5.92 Å². The Morgan fingerprint density at radius 1 is 1.37 bits per heavy atom. The van der Waals surface area contributed by atoms with E-state index >= 15 is 0 Å². The van der Waals surface area contributed by atoms with Crippen molar-refractivity contribution in [2.45, 2.75) is 52.3 Å². The number of amides is 1. The zero-order chi connectivity index (χ0) is 14.5. The van der Waals surface area contributed by atoms with Crippen LogP contribution in [0.2, 0.25) is 0 Å². The molecule has 0 spiro atoms. The Labute approximate surface area is 110 Å². The first kappa shape index (κ1) is 14.5. The Morgan fingerprint density at radius 3 is 2.42 bits per heavy atom.